The highest BCUT2D eigenvalue weighted by atomic mass is 16.5. The van der Waals surface area contributed by atoms with E-state index >= 15 is 0 Å². The molecule has 1 N–H and O–H groups in total. The number of carboxylic acids is 1. The van der Waals surface area contributed by atoms with E-state index in [1.807, 2.05) is 6.92 Å². The van der Waals surface area contributed by atoms with Gasteiger partial charge in [0.25, 0.3) is 0 Å². The van der Waals surface area contributed by atoms with Gasteiger partial charge in [-0.25, -0.2) is 0 Å². The first-order chi connectivity index (χ1) is 10.6. The van der Waals surface area contributed by atoms with Crippen LogP contribution in [-0.2, 0) is 17.8 Å². The molecule has 0 bridgehead atoms. The number of rotatable bonds is 5. The zero-order valence-electron chi connectivity index (χ0n) is 13.2. The fraction of sp³-hybridized carbons (Fsp3) is 0.588. The Morgan fingerprint density at radius 1 is 1.50 bits per heavy atom. The molecule has 3 rings (SSSR count). The maximum atomic E-state index is 11.1. The van der Waals surface area contributed by atoms with Gasteiger partial charge in [-0.05, 0) is 38.9 Å². The van der Waals surface area contributed by atoms with Crippen LogP contribution in [-0.4, -0.2) is 41.8 Å². The first-order valence-corrected chi connectivity index (χ1v) is 7.97. The maximum Gasteiger partial charge on any atom is 0.307 e. The van der Waals surface area contributed by atoms with Gasteiger partial charge in [0.2, 0.25) is 0 Å². The van der Waals surface area contributed by atoms with Crippen molar-refractivity contribution in [2.24, 2.45) is 5.92 Å². The van der Waals surface area contributed by atoms with Crippen LogP contribution in [0.25, 0.3) is 0 Å². The summed E-state index contributed by atoms with van der Waals surface area (Å²) in [5, 5.41) is 9.12. The van der Waals surface area contributed by atoms with Crippen LogP contribution in [0.15, 0.2) is 12.1 Å². The monoisotopic (exact) mass is 305 g/mol. The molecule has 1 aromatic rings. The summed E-state index contributed by atoms with van der Waals surface area (Å²) in [6.45, 7) is 6.81. The Hall–Kier alpha value is -1.75. The summed E-state index contributed by atoms with van der Waals surface area (Å²) in [5.41, 5.74) is 2.28. The molecule has 0 aliphatic carbocycles. The number of carbonyl (C=O) groups is 1. The minimum Gasteiger partial charge on any atom is -0.494 e. The van der Waals surface area contributed by atoms with Crippen LogP contribution in [0.1, 0.15) is 31.4 Å². The predicted molar refractivity (Wildman–Crippen MR) is 82.4 cm³/mol. The molecule has 0 spiro atoms. The number of nitrogens with zero attached hydrogens (tertiary/aromatic N) is 1. The molecule has 1 aromatic carbocycles. The Bertz CT molecular complexity index is 572. The van der Waals surface area contributed by atoms with Crippen LogP contribution in [0.4, 0.5) is 0 Å². The highest BCUT2D eigenvalue weighted by molar-refractivity contribution is 5.70. The standard InChI is InChI=1S/C17H23NO4/c1-3-21-15-7-13-6-11(2)22-16(13)8-14(15)10-18-5-4-12(9-18)17(19)20/h7-8,11-12H,3-6,9-10H2,1-2H3,(H,19,20). The van der Waals surface area contributed by atoms with Crippen molar-refractivity contribution in [2.45, 2.75) is 39.3 Å². The summed E-state index contributed by atoms with van der Waals surface area (Å²) in [6, 6.07) is 4.15. The van der Waals surface area contributed by atoms with Crippen LogP contribution in [0.5, 0.6) is 11.5 Å². The number of hydrogen-bond acceptors (Lipinski definition) is 4. The molecule has 0 amide bonds. The third-order valence-electron chi connectivity index (χ3n) is 4.39. The summed E-state index contributed by atoms with van der Waals surface area (Å²) in [5.74, 6) is 0.901. The normalized spacial score (nSPS) is 24.1. The van der Waals surface area contributed by atoms with Crippen molar-refractivity contribution in [1.29, 1.82) is 0 Å². The van der Waals surface area contributed by atoms with E-state index in [0.29, 0.717) is 19.7 Å². The van der Waals surface area contributed by atoms with Crippen molar-refractivity contribution in [3.8, 4) is 11.5 Å². The summed E-state index contributed by atoms with van der Waals surface area (Å²) in [7, 11) is 0. The van der Waals surface area contributed by atoms with Crippen LogP contribution in [0.3, 0.4) is 0 Å². The van der Waals surface area contributed by atoms with Crippen LogP contribution >= 0.6 is 0 Å². The fourth-order valence-electron chi connectivity index (χ4n) is 3.31. The molecule has 2 atom stereocenters. The van der Waals surface area contributed by atoms with E-state index in [1.54, 1.807) is 0 Å². The molecule has 0 aromatic heterocycles. The fourth-order valence-corrected chi connectivity index (χ4v) is 3.31. The summed E-state index contributed by atoms with van der Waals surface area (Å²) < 4.78 is 11.6. The molecule has 22 heavy (non-hydrogen) atoms. The van der Waals surface area contributed by atoms with Crippen molar-refractivity contribution >= 4 is 5.97 Å². The van der Waals surface area contributed by atoms with Crippen molar-refractivity contribution in [1.82, 2.24) is 4.90 Å². The number of fused-ring (bicyclic) bond motifs is 1. The molecule has 0 saturated carbocycles. The maximum absolute atomic E-state index is 11.1. The largest absolute Gasteiger partial charge is 0.494 e. The average Bonchev–Trinajstić information content (AvgIpc) is 3.05. The molecule has 5 nitrogen and oxygen atoms in total. The van der Waals surface area contributed by atoms with E-state index < -0.39 is 5.97 Å². The average molecular weight is 305 g/mol. The zero-order chi connectivity index (χ0) is 15.7. The zero-order valence-corrected chi connectivity index (χ0v) is 13.2. The van der Waals surface area contributed by atoms with Crippen molar-refractivity contribution in [3.05, 3.63) is 23.3 Å². The van der Waals surface area contributed by atoms with E-state index in [1.165, 1.54) is 5.56 Å². The highest BCUT2D eigenvalue weighted by Gasteiger charge is 2.29. The van der Waals surface area contributed by atoms with E-state index in [0.717, 1.165) is 36.4 Å². The Labute approximate surface area is 130 Å². The smallest absolute Gasteiger partial charge is 0.307 e. The minimum absolute atomic E-state index is 0.211. The number of hydrogen-bond donors (Lipinski definition) is 1. The minimum atomic E-state index is -0.696. The molecule has 2 aliphatic rings. The molecule has 0 radical (unpaired) electrons. The predicted octanol–water partition coefficient (Wildman–Crippen LogP) is 2.32. The van der Waals surface area contributed by atoms with Crippen molar-refractivity contribution in [2.75, 3.05) is 19.7 Å². The molecular formula is C17H23NO4. The first kappa shape index (κ1) is 15.2. The van der Waals surface area contributed by atoms with Gasteiger partial charge in [0.1, 0.15) is 17.6 Å². The molecule has 2 aliphatic heterocycles. The Morgan fingerprint density at radius 2 is 2.32 bits per heavy atom. The van der Waals surface area contributed by atoms with Gasteiger partial charge in [-0.2, -0.15) is 0 Å². The number of benzene rings is 1. The molecule has 2 heterocycles. The quantitative estimate of drug-likeness (QED) is 0.904. The lowest BCUT2D eigenvalue weighted by Gasteiger charge is -2.19. The summed E-state index contributed by atoms with van der Waals surface area (Å²) >= 11 is 0. The first-order valence-electron chi connectivity index (χ1n) is 7.97. The summed E-state index contributed by atoms with van der Waals surface area (Å²) in [6.07, 6.45) is 1.85. The van der Waals surface area contributed by atoms with Gasteiger partial charge in [0, 0.05) is 30.6 Å². The van der Waals surface area contributed by atoms with Gasteiger partial charge in [0.15, 0.2) is 0 Å². The van der Waals surface area contributed by atoms with Crippen molar-refractivity contribution in [3.63, 3.8) is 0 Å². The second kappa shape index (κ2) is 6.16. The van der Waals surface area contributed by atoms with E-state index in [2.05, 4.69) is 24.0 Å². The lowest BCUT2D eigenvalue weighted by molar-refractivity contribution is -0.141. The molecular weight excluding hydrogens is 282 g/mol. The van der Waals surface area contributed by atoms with Gasteiger partial charge in [-0.3, -0.25) is 9.69 Å². The molecule has 1 saturated heterocycles. The number of aliphatic carboxylic acids is 1. The van der Waals surface area contributed by atoms with E-state index in [4.69, 9.17) is 14.6 Å². The third-order valence-corrected chi connectivity index (χ3v) is 4.39. The van der Waals surface area contributed by atoms with Crippen LogP contribution < -0.4 is 9.47 Å². The lowest BCUT2D eigenvalue weighted by atomic mass is 10.1. The molecule has 5 heteroatoms. The van der Waals surface area contributed by atoms with E-state index in [9.17, 15) is 4.79 Å². The molecule has 2 unspecified atom stereocenters. The van der Waals surface area contributed by atoms with Gasteiger partial charge in [0.05, 0.1) is 12.5 Å². The number of carboxylic acid groups (broad SMARTS) is 1. The van der Waals surface area contributed by atoms with Crippen LogP contribution in [0.2, 0.25) is 0 Å². The Kier molecular flexibility index (Phi) is 4.25. The van der Waals surface area contributed by atoms with E-state index in [-0.39, 0.29) is 12.0 Å². The van der Waals surface area contributed by atoms with Gasteiger partial charge < -0.3 is 14.6 Å². The number of ether oxygens (including phenoxy) is 2. The topological polar surface area (TPSA) is 59.0 Å². The molecule has 1 fully saturated rings. The lowest BCUT2D eigenvalue weighted by Crippen LogP contribution is -2.23. The van der Waals surface area contributed by atoms with Gasteiger partial charge in [-0.15, -0.1) is 0 Å². The van der Waals surface area contributed by atoms with Gasteiger partial charge in [-0.1, -0.05) is 0 Å². The Balaban J connectivity index is 1.78. The second-order valence-electron chi connectivity index (χ2n) is 6.19. The highest BCUT2D eigenvalue weighted by Crippen LogP contribution is 2.36. The third kappa shape index (κ3) is 3.04. The SMILES string of the molecule is CCOc1cc2c(cc1CN1CCC(C(=O)O)C1)OC(C)C2. The Morgan fingerprint density at radius 3 is 3.00 bits per heavy atom. The van der Waals surface area contributed by atoms with Crippen molar-refractivity contribution < 1.29 is 19.4 Å². The number of likely N-dealkylation sites (tertiary alicyclic amines) is 1. The van der Waals surface area contributed by atoms with Gasteiger partial charge >= 0.3 is 5.97 Å². The summed E-state index contributed by atoms with van der Waals surface area (Å²) in [4.78, 5) is 13.3. The molecule has 120 valence electrons. The van der Waals surface area contributed by atoms with Crippen LogP contribution in [0, 0.1) is 5.92 Å². The second-order valence-corrected chi connectivity index (χ2v) is 6.19.